The Morgan fingerprint density at radius 2 is 2.00 bits per heavy atom. The van der Waals surface area contributed by atoms with Gasteiger partial charge in [0.1, 0.15) is 5.02 Å². The molecule has 0 amide bonds. The maximum Gasteiger partial charge on any atom is 0.224 e. The zero-order valence-electron chi connectivity index (χ0n) is 11.4. The molecule has 6 heteroatoms. The summed E-state index contributed by atoms with van der Waals surface area (Å²) in [4.78, 5) is 8.47. The van der Waals surface area contributed by atoms with Crippen molar-refractivity contribution < 1.29 is 0 Å². The molecule has 1 heterocycles. The van der Waals surface area contributed by atoms with E-state index in [1.165, 1.54) is 0 Å². The molecule has 0 saturated heterocycles. The van der Waals surface area contributed by atoms with Crippen molar-refractivity contribution >= 4 is 40.7 Å². The summed E-state index contributed by atoms with van der Waals surface area (Å²) in [6.07, 6.45) is 2.56. The fraction of sp³-hybridized carbons (Fsp3) is 0.286. The van der Waals surface area contributed by atoms with E-state index < -0.39 is 0 Å². The normalized spacial score (nSPS) is 10.4. The predicted molar refractivity (Wildman–Crippen MR) is 85.3 cm³/mol. The van der Waals surface area contributed by atoms with Crippen molar-refractivity contribution in [1.82, 2.24) is 9.97 Å². The molecule has 0 radical (unpaired) electrons. The maximum absolute atomic E-state index is 6.19. The van der Waals surface area contributed by atoms with Gasteiger partial charge in [0.25, 0.3) is 0 Å². The van der Waals surface area contributed by atoms with Gasteiger partial charge in [-0.1, -0.05) is 36.2 Å². The van der Waals surface area contributed by atoms with Gasteiger partial charge in [-0.15, -0.1) is 0 Å². The first kappa shape index (κ1) is 14.9. The summed E-state index contributed by atoms with van der Waals surface area (Å²) in [5.74, 6) is 1.08. The Hall–Kier alpha value is -1.52. The van der Waals surface area contributed by atoms with Crippen LogP contribution in [0.25, 0.3) is 0 Å². The highest BCUT2D eigenvalue weighted by Crippen LogP contribution is 2.29. The summed E-state index contributed by atoms with van der Waals surface area (Å²) in [5, 5.41) is 7.32. The minimum absolute atomic E-state index is 0.448. The number of aryl methyl sites for hydroxylation is 1. The number of rotatable bonds is 5. The minimum Gasteiger partial charge on any atom is -0.354 e. The highest BCUT2D eigenvalue weighted by Gasteiger charge is 2.08. The van der Waals surface area contributed by atoms with Crippen LogP contribution in [-0.2, 0) is 0 Å². The largest absolute Gasteiger partial charge is 0.354 e. The summed E-state index contributed by atoms with van der Waals surface area (Å²) in [6, 6.07) is 5.75. The zero-order chi connectivity index (χ0) is 14.5. The Morgan fingerprint density at radius 1 is 1.20 bits per heavy atom. The monoisotopic (exact) mass is 310 g/mol. The van der Waals surface area contributed by atoms with Gasteiger partial charge >= 0.3 is 0 Å². The van der Waals surface area contributed by atoms with Gasteiger partial charge in [0.15, 0.2) is 5.82 Å². The summed E-state index contributed by atoms with van der Waals surface area (Å²) in [6.45, 7) is 4.88. The number of nitrogens with zero attached hydrogens (tertiary/aromatic N) is 2. The van der Waals surface area contributed by atoms with Gasteiger partial charge in [-0.3, -0.25) is 0 Å². The summed E-state index contributed by atoms with van der Waals surface area (Å²) < 4.78 is 0. The van der Waals surface area contributed by atoms with Crippen LogP contribution in [0.3, 0.4) is 0 Å². The zero-order valence-corrected chi connectivity index (χ0v) is 12.9. The number of nitrogens with one attached hydrogen (secondary N) is 2. The number of hydrogen-bond acceptors (Lipinski definition) is 4. The van der Waals surface area contributed by atoms with Crippen molar-refractivity contribution in [2.24, 2.45) is 0 Å². The number of anilines is 3. The second-order valence-corrected chi connectivity index (χ2v) is 5.24. The molecule has 0 saturated carbocycles. The van der Waals surface area contributed by atoms with Crippen LogP contribution in [0.2, 0.25) is 10.0 Å². The molecule has 0 spiro atoms. The van der Waals surface area contributed by atoms with E-state index in [-0.39, 0.29) is 0 Å². The average molecular weight is 311 g/mol. The number of hydrogen-bond donors (Lipinski definition) is 2. The topological polar surface area (TPSA) is 49.8 Å². The highest BCUT2D eigenvalue weighted by molar-refractivity contribution is 6.34. The molecule has 20 heavy (non-hydrogen) atoms. The van der Waals surface area contributed by atoms with Crippen molar-refractivity contribution in [3.05, 3.63) is 40.0 Å². The average Bonchev–Trinajstić information content (AvgIpc) is 2.42. The minimum atomic E-state index is 0.448. The van der Waals surface area contributed by atoms with Crippen LogP contribution in [0.5, 0.6) is 0 Å². The van der Waals surface area contributed by atoms with Crippen LogP contribution in [0, 0.1) is 6.92 Å². The van der Waals surface area contributed by atoms with Crippen molar-refractivity contribution in [1.29, 1.82) is 0 Å². The third-order valence-electron chi connectivity index (χ3n) is 2.65. The Balaban J connectivity index is 2.23. The standard InChI is InChI=1S/C14H16Cl2N4/c1-3-6-17-14-18-8-11(16)13(20-14)19-12-5-4-9(2)7-10(12)15/h4-5,7-8H,3,6H2,1-2H3,(H2,17,18,19,20). The summed E-state index contributed by atoms with van der Waals surface area (Å²) in [5.41, 5.74) is 1.86. The molecule has 0 unspecified atom stereocenters. The van der Waals surface area contributed by atoms with Crippen molar-refractivity contribution in [3.63, 3.8) is 0 Å². The third-order valence-corrected chi connectivity index (χ3v) is 3.24. The van der Waals surface area contributed by atoms with Crippen LogP contribution < -0.4 is 10.6 Å². The third kappa shape index (κ3) is 3.74. The highest BCUT2D eigenvalue weighted by atomic mass is 35.5. The van der Waals surface area contributed by atoms with Crippen LogP contribution >= 0.6 is 23.2 Å². The number of aromatic nitrogens is 2. The molecule has 0 fully saturated rings. The van der Waals surface area contributed by atoms with Crippen LogP contribution in [-0.4, -0.2) is 16.5 Å². The lowest BCUT2D eigenvalue weighted by molar-refractivity contribution is 0.953. The molecule has 106 valence electrons. The van der Waals surface area contributed by atoms with Gasteiger partial charge in [0, 0.05) is 6.54 Å². The lowest BCUT2D eigenvalue weighted by Crippen LogP contribution is -2.06. The molecule has 0 aliphatic carbocycles. The van der Waals surface area contributed by atoms with E-state index in [4.69, 9.17) is 23.2 Å². The lowest BCUT2D eigenvalue weighted by atomic mass is 10.2. The Bertz CT molecular complexity index is 602. The molecular weight excluding hydrogens is 295 g/mol. The van der Waals surface area contributed by atoms with Crippen molar-refractivity contribution in [3.8, 4) is 0 Å². The van der Waals surface area contributed by atoms with E-state index in [1.54, 1.807) is 6.20 Å². The Morgan fingerprint density at radius 3 is 2.70 bits per heavy atom. The maximum atomic E-state index is 6.19. The first-order valence-electron chi connectivity index (χ1n) is 6.39. The van der Waals surface area contributed by atoms with Crippen LogP contribution in [0.4, 0.5) is 17.5 Å². The SMILES string of the molecule is CCCNc1ncc(Cl)c(Nc2ccc(C)cc2Cl)n1. The lowest BCUT2D eigenvalue weighted by Gasteiger charge is -2.11. The summed E-state index contributed by atoms with van der Waals surface area (Å²) >= 11 is 12.3. The molecule has 0 bridgehead atoms. The van der Waals surface area contributed by atoms with E-state index >= 15 is 0 Å². The van der Waals surface area contributed by atoms with E-state index in [1.807, 2.05) is 25.1 Å². The van der Waals surface area contributed by atoms with Gasteiger partial charge in [-0.2, -0.15) is 4.98 Å². The second-order valence-electron chi connectivity index (χ2n) is 4.43. The molecule has 1 aromatic heterocycles. The van der Waals surface area contributed by atoms with E-state index in [9.17, 15) is 0 Å². The second kappa shape index (κ2) is 6.77. The predicted octanol–water partition coefficient (Wildman–Crippen LogP) is 4.66. The molecule has 4 nitrogen and oxygen atoms in total. The molecule has 0 aliphatic heterocycles. The number of benzene rings is 1. The quantitative estimate of drug-likeness (QED) is 0.843. The van der Waals surface area contributed by atoms with Gasteiger partial charge in [0.2, 0.25) is 5.95 Å². The van der Waals surface area contributed by atoms with Crippen LogP contribution in [0.1, 0.15) is 18.9 Å². The molecule has 0 aliphatic rings. The molecule has 1 aromatic carbocycles. The number of halogens is 2. The smallest absolute Gasteiger partial charge is 0.224 e. The molecular formula is C14H16Cl2N4. The van der Waals surface area contributed by atoms with Crippen molar-refractivity contribution in [2.75, 3.05) is 17.2 Å². The fourth-order valence-corrected chi connectivity index (χ4v) is 2.05. The first-order valence-corrected chi connectivity index (χ1v) is 7.15. The van der Waals surface area contributed by atoms with E-state index in [0.29, 0.717) is 21.8 Å². The molecule has 0 atom stereocenters. The van der Waals surface area contributed by atoms with Crippen molar-refractivity contribution in [2.45, 2.75) is 20.3 Å². The van der Waals surface area contributed by atoms with Crippen LogP contribution in [0.15, 0.2) is 24.4 Å². The molecule has 2 aromatic rings. The molecule has 2 rings (SSSR count). The van der Waals surface area contributed by atoms with Gasteiger partial charge in [-0.05, 0) is 31.0 Å². The van der Waals surface area contributed by atoms with Gasteiger partial charge in [0.05, 0.1) is 16.9 Å². The fourth-order valence-electron chi connectivity index (χ4n) is 1.63. The molecule has 2 N–H and O–H groups in total. The van der Waals surface area contributed by atoms with E-state index in [0.717, 1.165) is 24.2 Å². The summed E-state index contributed by atoms with van der Waals surface area (Å²) in [7, 11) is 0. The first-order chi connectivity index (χ1) is 9.60. The Kier molecular flexibility index (Phi) is 5.04. The Labute approximate surface area is 128 Å². The van der Waals surface area contributed by atoms with Gasteiger partial charge in [-0.25, -0.2) is 4.98 Å². The van der Waals surface area contributed by atoms with Gasteiger partial charge < -0.3 is 10.6 Å². The van der Waals surface area contributed by atoms with E-state index in [2.05, 4.69) is 27.5 Å².